The highest BCUT2D eigenvalue weighted by Gasteiger charge is 1.98. The van der Waals surface area contributed by atoms with E-state index in [-0.39, 0.29) is 24.0 Å². The van der Waals surface area contributed by atoms with E-state index in [9.17, 15) is 0 Å². The fourth-order valence-corrected chi connectivity index (χ4v) is 2.35. The summed E-state index contributed by atoms with van der Waals surface area (Å²) in [5.74, 6) is 1.30. The van der Waals surface area contributed by atoms with Crippen molar-refractivity contribution in [1.82, 2.24) is 4.90 Å². The quantitative estimate of drug-likeness (QED) is 0.267. The summed E-state index contributed by atoms with van der Waals surface area (Å²) in [6.07, 6.45) is 1.01. The minimum absolute atomic E-state index is 0. The van der Waals surface area contributed by atoms with E-state index in [1.54, 1.807) is 0 Å². The number of hydrogen-bond donors (Lipinski definition) is 2. The van der Waals surface area contributed by atoms with Crippen LogP contribution >= 0.6 is 24.0 Å². The van der Waals surface area contributed by atoms with Crippen LogP contribution in [-0.4, -0.2) is 38.1 Å². The number of aryl methyl sites for hydroxylation is 1. The second kappa shape index (κ2) is 11.7. The average Bonchev–Trinajstić information content (AvgIpc) is 2.58. The molecule has 0 aromatic heterocycles. The van der Waals surface area contributed by atoms with E-state index in [2.05, 4.69) is 29.3 Å². The zero-order chi connectivity index (χ0) is 18.1. The molecule has 0 atom stereocenters. The van der Waals surface area contributed by atoms with Gasteiger partial charge in [0.25, 0.3) is 0 Å². The number of nitrogens with zero attached hydrogens (tertiary/aromatic N) is 2. The molecule has 0 fully saturated rings. The van der Waals surface area contributed by atoms with Crippen LogP contribution in [0.1, 0.15) is 17.5 Å². The minimum atomic E-state index is 0. The molecule has 2 aromatic carbocycles. The zero-order valence-electron chi connectivity index (χ0n) is 15.7. The summed E-state index contributed by atoms with van der Waals surface area (Å²) in [6, 6.07) is 16.0. The van der Waals surface area contributed by atoms with Gasteiger partial charge in [-0.3, -0.25) is 0 Å². The number of aliphatic imine (C=N–C) groups is 1. The van der Waals surface area contributed by atoms with Gasteiger partial charge in [0.1, 0.15) is 5.75 Å². The van der Waals surface area contributed by atoms with Crippen molar-refractivity contribution < 1.29 is 4.74 Å². The molecule has 0 radical (unpaired) electrons. The van der Waals surface area contributed by atoms with Crippen molar-refractivity contribution in [3.05, 3.63) is 59.7 Å². The van der Waals surface area contributed by atoms with Crippen molar-refractivity contribution in [3.63, 3.8) is 0 Å². The van der Waals surface area contributed by atoms with E-state index < -0.39 is 0 Å². The van der Waals surface area contributed by atoms with Gasteiger partial charge >= 0.3 is 0 Å². The second-order valence-electron chi connectivity index (χ2n) is 6.35. The van der Waals surface area contributed by atoms with E-state index in [0.29, 0.717) is 12.5 Å². The molecule has 0 spiro atoms. The first kappa shape index (κ1) is 22.2. The molecular formula is C20H29IN4O. The number of anilines is 1. The summed E-state index contributed by atoms with van der Waals surface area (Å²) in [5.41, 5.74) is 9.17. The molecule has 0 amide bonds. The summed E-state index contributed by atoms with van der Waals surface area (Å²) in [5, 5.41) is 3.11. The van der Waals surface area contributed by atoms with E-state index in [0.717, 1.165) is 36.6 Å². The standard InChI is InChI=1S/C20H28N4O.HI/c1-16-6-4-7-18(14-16)23-20(21)22-15-17-8-10-19(11-9-17)25-13-5-12-24(2)3;/h4,6-11,14H,5,12-13,15H2,1-3H3,(H3,21,22,23);1H. The monoisotopic (exact) mass is 468 g/mol. The molecule has 0 saturated carbocycles. The third-order valence-electron chi connectivity index (χ3n) is 3.66. The van der Waals surface area contributed by atoms with E-state index in [1.165, 1.54) is 5.56 Å². The van der Waals surface area contributed by atoms with Gasteiger partial charge < -0.3 is 20.7 Å². The third kappa shape index (κ3) is 8.53. The molecule has 2 rings (SSSR count). The number of rotatable bonds is 8. The Hall–Kier alpha value is -1.80. The molecule has 0 heterocycles. The topological polar surface area (TPSA) is 62.9 Å². The van der Waals surface area contributed by atoms with Crippen LogP contribution in [0.3, 0.4) is 0 Å². The second-order valence-corrected chi connectivity index (χ2v) is 6.35. The first-order valence-electron chi connectivity index (χ1n) is 8.53. The maximum Gasteiger partial charge on any atom is 0.193 e. The van der Waals surface area contributed by atoms with Crippen LogP contribution in [0.25, 0.3) is 0 Å². The Morgan fingerprint density at radius 1 is 1.15 bits per heavy atom. The molecule has 0 bridgehead atoms. The summed E-state index contributed by atoms with van der Waals surface area (Å²) < 4.78 is 5.73. The number of hydrogen-bond acceptors (Lipinski definition) is 3. The molecule has 0 aliphatic carbocycles. The molecule has 26 heavy (non-hydrogen) atoms. The van der Waals surface area contributed by atoms with Crippen LogP contribution in [0.2, 0.25) is 0 Å². The normalized spacial score (nSPS) is 11.2. The molecule has 3 N–H and O–H groups in total. The lowest BCUT2D eigenvalue weighted by Crippen LogP contribution is -2.22. The molecule has 0 unspecified atom stereocenters. The summed E-state index contributed by atoms with van der Waals surface area (Å²) in [6.45, 7) is 4.33. The highest BCUT2D eigenvalue weighted by atomic mass is 127. The van der Waals surface area contributed by atoms with Gasteiger partial charge in [-0.2, -0.15) is 0 Å². The highest BCUT2D eigenvalue weighted by Crippen LogP contribution is 2.13. The Labute approximate surface area is 173 Å². The van der Waals surface area contributed by atoms with Crippen LogP contribution in [0.4, 0.5) is 5.69 Å². The first-order chi connectivity index (χ1) is 12.0. The number of nitrogens with two attached hydrogens (primary N) is 1. The van der Waals surface area contributed by atoms with Crippen LogP contribution in [-0.2, 0) is 6.54 Å². The minimum Gasteiger partial charge on any atom is -0.494 e. The lowest BCUT2D eigenvalue weighted by atomic mass is 10.2. The Morgan fingerprint density at radius 2 is 1.88 bits per heavy atom. The zero-order valence-corrected chi connectivity index (χ0v) is 18.1. The Balaban J connectivity index is 0.00000338. The van der Waals surface area contributed by atoms with Crippen molar-refractivity contribution >= 4 is 35.6 Å². The molecule has 6 heteroatoms. The van der Waals surface area contributed by atoms with E-state index in [1.807, 2.05) is 55.5 Å². The summed E-state index contributed by atoms with van der Waals surface area (Å²) in [7, 11) is 4.13. The Kier molecular flexibility index (Phi) is 10.0. The van der Waals surface area contributed by atoms with Crippen LogP contribution < -0.4 is 15.8 Å². The maximum atomic E-state index is 5.95. The Bertz CT molecular complexity index is 686. The molecule has 0 saturated heterocycles. The molecule has 0 aliphatic heterocycles. The largest absolute Gasteiger partial charge is 0.494 e. The number of halogens is 1. The number of guanidine groups is 1. The smallest absolute Gasteiger partial charge is 0.193 e. The summed E-state index contributed by atoms with van der Waals surface area (Å²) >= 11 is 0. The third-order valence-corrected chi connectivity index (χ3v) is 3.66. The number of benzene rings is 2. The van der Waals surface area contributed by atoms with Crippen molar-refractivity contribution in [2.45, 2.75) is 19.9 Å². The van der Waals surface area contributed by atoms with Gasteiger partial charge in [-0.15, -0.1) is 24.0 Å². The van der Waals surface area contributed by atoms with Gasteiger partial charge in [0, 0.05) is 12.2 Å². The van der Waals surface area contributed by atoms with Crippen molar-refractivity contribution in [1.29, 1.82) is 0 Å². The predicted molar refractivity (Wildman–Crippen MR) is 121 cm³/mol. The lowest BCUT2D eigenvalue weighted by molar-refractivity contribution is 0.281. The highest BCUT2D eigenvalue weighted by molar-refractivity contribution is 14.0. The molecular weight excluding hydrogens is 439 g/mol. The van der Waals surface area contributed by atoms with Gasteiger partial charge in [0.05, 0.1) is 13.2 Å². The molecule has 0 aliphatic rings. The van der Waals surface area contributed by atoms with Crippen molar-refractivity contribution in [2.24, 2.45) is 10.7 Å². The lowest BCUT2D eigenvalue weighted by Gasteiger charge is -2.10. The molecule has 5 nitrogen and oxygen atoms in total. The van der Waals surface area contributed by atoms with Crippen molar-refractivity contribution in [3.8, 4) is 5.75 Å². The Morgan fingerprint density at radius 3 is 2.54 bits per heavy atom. The molecule has 2 aromatic rings. The van der Waals surface area contributed by atoms with Crippen molar-refractivity contribution in [2.75, 3.05) is 32.6 Å². The van der Waals surface area contributed by atoms with Gasteiger partial charge in [-0.05, 0) is 62.8 Å². The number of ether oxygens (including phenoxy) is 1. The fourth-order valence-electron chi connectivity index (χ4n) is 2.35. The van der Waals surface area contributed by atoms with Crippen LogP contribution in [0.5, 0.6) is 5.75 Å². The van der Waals surface area contributed by atoms with Gasteiger partial charge in [0.15, 0.2) is 5.96 Å². The SMILES string of the molecule is Cc1cccc(NC(N)=NCc2ccc(OCCCN(C)C)cc2)c1.I. The van der Waals surface area contributed by atoms with Gasteiger partial charge in [-0.1, -0.05) is 24.3 Å². The van der Waals surface area contributed by atoms with Crippen LogP contribution in [0.15, 0.2) is 53.5 Å². The van der Waals surface area contributed by atoms with E-state index >= 15 is 0 Å². The predicted octanol–water partition coefficient (Wildman–Crippen LogP) is 3.87. The fraction of sp³-hybridized carbons (Fsp3) is 0.350. The molecule has 142 valence electrons. The average molecular weight is 468 g/mol. The first-order valence-corrected chi connectivity index (χ1v) is 8.53. The van der Waals surface area contributed by atoms with Gasteiger partial charge in [-0.25, -0.2) is 4.99 Å². The number of nitrogens with one attached hydrogen (secondary N) is 1. The van der Waals surface area contributed by atoms with E-state index in [4.69, 9.17) is 10.5 Å². The van der Waals surface area contributed by atoms with Gasteiger partial charge in [0.2, 0.25) is 0 Å². The van der Waals surface area contributed by atoms with Crippen LogP contribution in [0, 0.1) is 6.92 Å². The summed E-state index contributed by atoms with van der Waals surface area (Å²) in [4.78, 5) is 6.53. The maximum absolute atomic E-state index is 5.95.